The third-order valence-electron chi connectivity index (χ3n) is 5.33. The van der Waals surface area contributed by atoms with Gasteiger partial charge in [-0.25, -0.2) is 4.84 Å². The van der Waals surface area contributed by atoms with E-state index in [1.807, 2.05) is 38.1 Å². The average Bonchev–Trinajstić information content (AvgIpc) is 3.33. The molecule has 1 aromatic heterocycles. The molecule has 1 atom stereocenters. The highest BCUT2D eigenvalue weighted by atomic mass is 35.5. The number of rotatable bonds is 10. The van der Waals surface area contributed by atoms with Crippen molar-refractivity contribution in [2.75, 3.05) is 33.8 Å². The van der Waals surface area contributed by atoms with Gasteiger partial charge in [-0.05, 0) is 59.1 Å². The molecule has 0 aliphatic carbocycles. The van der Waals surface area contributed by atoms with E-state index < -0.39 is 6.04 Å². The lowest BCUT2D eigenvalue weighted by molar-refractivity contribution is -0.118. The Morgan fingerprint density at radius 3 is 2.12 bits per heavy atom. The van der Waals surface area contributed by atoms with Gasteiger partial charge in [-0.2, -0.15) is 4.37 Å². The normalized spacial score (nSPS) is 11.8. The molecule has 1 amide bonds. The molecule has 34 heavy (non-hydrogen) atoms. The van der Waals surface area contributed by atoms with Crippen molar-refractivity contribution >= 4 is 34.9 Å². The number of nitrogens with zero attached hydrogens (tertiary/aromatic N) is 1. The molecule has 3 rings (SSSR count). The minimum absolute atomic E-state index is 0.000568. The molecule has 0 saturated heterocycles. The Morgan fingerprint density at radius 2 is 1.59 bits per heavy atom. The third kappa shape index (κ3) is 5.22. The highest BCUT2D eigenvalue weighted by molar-refractivity contribution is 7.10. The summed E-state index contributed by atoms with van der Waals surface area (Å²) in [6.07, 6.45) is 1.79. The monoisotopic (exact) mass is 505 g/mol. The predicted octanol–water partition coefficient (Wildman–Crippen LogP) is 5.22. The topological polar surface area (TPSA) is 90.9 Å². The van der Waals surface area contributed by atoms with E-state index in [4.69, 9.17) is 30.7 Å². The molecule has 0 bridgehead atoms. The molecule has 3 aromatic rings. The molecule has 0 fully saturated rings. The van der Waals surface area contributed by atoms with Gasteiger partial charge in [-0.1, -0.05) is 19.9 Å². The number of carbonyl (C=O) groups is 1. The maximum absolute atomic E-state index is 12.8. The van der Waals surface area contributed by atoms with E-state index in [0.717, 1.165) is 21.6 Å². The second-order valence-electron chi connectivity index (χ2n) is 7.72. The van der Waals surface area contributed by atoms with Crippen LogP contribution in [0.15, 0.2) is 36.5 Å². The van der Waals surface area contributed by atoms with Crippen LogP contribution in [0.1, 0.15) is 13.8 Å². The third-order valence-corrected chi connectivity index (χ3v) is 6.42. The molecular weight excluding hydrogens is 478 g/mol. The van der Waals surface area contributed by atoms with Gasteiger partial charge in [0.05, 0.1) is 39.0 Å². The van der Waals surface area contributed by atoms with Gasteiger partial charge in [0, 0.05) is 17.3 Å². The summed E-state index contributed by atoms with van der Waals surface area (Å²) in [4.78, 5) is 16.2. The largest absolute Gasteiger partial charge is 0.495 e. The molecule has 0 radical (unpaired) electrons. The minimum Gasteiger partial charge on any atom is -0.495 e. The lowest BCUT2D eigenvalue weighted by atomic mass is 10.0. The Balaban J connectivity index is 2.05. The molecule has 0 aliphatic heterocycles. The molecule has 2 N–H and O–H groups in total. The van der Waals surface area contributed by atoms with Gasteiger partial charge in [-0.15, -0.1) is 0 Å². The Bertz CT molecular complexity index is 1130. The van der Waals surface area contributed by atoms with Crippen molar-refractivity contribution < 1.29 is 23.7 Å². The number of hydrogen-bond donors (Lipinski definition) is 2. The van der Waals surface area contributed by atoms with Gasteiger partial charge in [0.15, 0.2) is 11.5 Å². The van der Waals surface area contributed by atoms with Crippen LogP contribution in [0.3, 0.4) is 0 Å². The van der Waals surface area contributed by atoms with Crippen LogP contribution in [-0.2, 0) is 4.79 Å². The number of hydrogen-bond acceptors (Lipinski definition) is 8. The molecular formula is C24H28ClN3O5S. The second-order valence-corrected chi connectivity index (χ2v) is 8.74. The van der Waals surface area contributed by atoms with Gasteiger partial charge >= 0.3 is 0 Å². The van der Waals surface area contributed by atoms with E-state index >= 15 is 0 Å². The molecule has 8 nitrogen and oxygen atoms in total. The molecule has 0 aliphatic rings. The van der Waals surface area contributed by atoms with Crippen molar-refractivity contribution in [3.63, 3.8) is 0 Å². The molecule has 1 heterocycles. The maximum atomic E-state index is 12.8. The fourth-order valence-corrected chi connectivity index (χ4v) is 4.63. The Labute approximate surface area is 208 Å². The SMILES string of the molecule is COc1ccc(-c2cnsc2-c2cc(OC)c(OC)c(OC)c2)cc1NC(=O)[C@H](NCl)C(C)C. The Hall–Kier alpha value is -3.01. The van der Waals surface area contributed by atoms with Gasteiger partial charge in [0.1, 0.15) is 11.8 Å². The van der Waals surface area contributed by atoms with Crippen molar-refractivity contribution in [2.24, 2.45) is 5.92 Å². The predicted molar refractivity (Wildman–Crippen MR) is 135 cm³/mol. The van der Waals surface area contributed by atoms with Crippen molar-refractivity contribution in [1.29, 1.82) is 0 Å². The van der Waals surface area contributed by atoms with E-state index in [9.17, 15) is 4.79 Å². The molecule has 182 valence electrons. The van der Waals surface area contributed by atoms with Crippen LogP contribution in [0.5, 0.6) is 23.0 Å². The number of carbonyl (C=O) groups excluding carboxylic acids is 1. The summed E-state index contributed by atoms with van der Waals surface area (Å²) in [5.41, 5.74) is 3.13. The van der Waals surface area contributed by atoms with Crippen LogP contribution in [0.2, 0.25) is 0 Å². The van der Waals surface area contributed by atoms with E-state index in [1.165, 1.54) is 11.5 Å². The number of methoxy groups -OCH3 is 4. The summed E-state index contributed by atoms with van der Waals surface area (Å²) in [5.74, 6) is 1.89. The summed E-state index contributed by atoms with van der Waals surface area (Å²) in [6, 6.07) is 8.77. The summed E-state index contributed by atoms with van der Waals surface area (Å²) < 4.78 is 26.3. The van der Waals surface area contributed by atoms with Crippen LogP contribution >= 0.6 is 23.3 Å². The van der Waals surface area contributed by atoms with Crippen molar-refractivity contribution in [1.82, 2.24) is 9.21 Å². The van der Waals surface area contributed by atoms with Crippen molar-refractivity contribution in [3.8, 4) is 44.6 Å². The van der Waals surface area contributed by atoms with E-state index in [-0.39, 0.29) is 11.8 Å². The van der Waals surface area contributed by atoms with Crippen LogP contribution in [0.4, 0.5) is 5.69 Å². The summed E-state index contributed by atoms with van der Waals surface area (Å²) in [5, 5.41) is 2.92. The van der Waals surface area contributed by atoms with Crippen molar-refractivity contribution in [2.45, 2.75) is 19.9 Å². The highest BCUT2D eigenvalue weighted by Crippen LogP contribution is 2.45. The number of nitrogens with one attached hydrogen (secondary N) is 2. The quantitative estimate of drug-likeness (QED) is 0.365. The zero-order valence-corrected chi connectivity index (χ0v) is 21.5. The Kier molecular flexibility index (Phi) is 8.60. The molecule has 0 saturated carbocycles. The number of aromatic nitrogens is 1. The molecule has 0 unspecified atom stereocenters. The Morgan fingerprint density at radius 1 is 0.941 bits per heavy atom. The first kappa shape index (κ1) is 25.6. The first-order chi connectivity index (χ1) is 16.4. The number of halogens is 1. The second kappa shape index (κ2) is 11.4. The van der Waals surface area contributed by atoms with Gasteiger partial charge in [0.25, 0.3) is 0 Å². The average molecular weight is 506 g/mol. The zero-order chi connectivity index (χ0) is 24.8. The summed E-state index contributed by atoms with van der Waals surface area (Å²) in [6.45, 7) is 3.82. The van der Waals surface area contributed by atoms with E-state index in [0.29, 0.717) is 28.7 Å². The van der Waals surface area contributed by atoms with Crippen LogP contribution < -0.4 is 29.1 Å². The summed E-state index contributed by atoms with van der Waals surface area (Å²) >= 11 is 7.13. The maximum Gasteiger partial charge on any atom is 0.243 e. The van der Waals surface area contributed by atoms with E-state index in [2.05, 4.69) is 14.5 Å². The highest BCUT2D eigenvalue weighted by Gasteiger charge is 2.23. The first-order valence-electron chi connectivity index (χ1n) is 10.5. The molecule has 10 heteroatoms. The van der Waals surface area contributed by atoms with Crippen LogP contribution in [0, 0.1) is 5.92 Å². The fourth-order valence-electron chi connectivity index (χ4n) is 3.53. The van der Waals surface area contributed by atoms with Gasteiger partial charge in [0.2, 0.25) is 11.7 Å². The fraction of sp³-hybridized carbons (Fsp3) is 0.333. The first-order valence-corrected chi connectivity index (χ1v) is 11.6. The number of ether oxygens (including phenoxy) is 4. The van der Waals surface area contributed by atoms with E-state index in [1.54, 1.807) is 40.7 Å². The zero-order valence-electron chi connectivity index (χ0n) is 19.9. The van der Waals surface area contributed by atoms with Gasteiger partial charge < -0.3 is 24.3 Å². The van der Waals surface area contributed by atoms with Crippen LogP contribution in [0.25, 0.3) is 21.6 Å². The molecule has 2 aromatic carbocycles. The lowest BCUT2D eigenvalue weighted by Gasteiger charge is -2.19. The standard InChI is InChI=1S/C24H28ClN3O5S/c1-13(2)21(28-25)24(29)27-17-9-14(7-8-18(17)30-3)16-12-26-34-23(16)15-10-19(31-4)22(33-6)20(11-15)32-5/h7-13,21,28H,1-6H3,(H,27,29)/t21-/m1/s1. The number of amides is 1. The number of benzene rings is 2. The summed E-state index contributed by atoms with van der Waals surface area (Å²) in [7, 11) is 6.27. The smallest absolute Gasteiger partial charge is 0.243 e. The van der Waals surface area contributed by atoms with Gasteiger partial charge in [-0.3, -0.25) is 4.79 Å². The minimum atomic E-state index is -0.562. The van der Waals surface area contributed by atoms with Crippen LogP contribution in [-0.4, -0.2) is 44.8 Å². The lowest BCUT2D eigenvalue weighted by Crippen LogP contribution is -2.40. The molecule has 0 spiro atoms. The van der Waals surface area contributed by atoms with Crippen molar-refractivity contribution in [3.05, 3.63) is 36.5 Å². The number of anilines is 1.